The second-order valence-corrected chi connectivity index (χ2v) is 5.77. The van der Waals surface area contributed by atoms with Gasteiger partial charge in [-0.1, -0.05) is 25.5 Å². The van der Waals surface area contributed by atoms with Crippen molar-refractivity contribution < 1.29 is 4.39 Å². The third-order valence-electron chi connectivity index (χ3n) is 4.08. The molecule has 1 heterocycles. The predicted octanol–water partition coefficient (Wildman–Crippen LogP) is 3.04. The average molecular weight is 264 g/mol. The van der Waals surface area contributed by atoms with Gasteiger partial charge in [-0.25, -0.2) is 4.39 Å². The number of nitrogens with zero attached hydrogens (tertiary/aromatic N) is 1. The van der Waals surface area contributed by atoms with Crippen molar-refractivity contribution in [2.75, 3.05) is 20.1 Å². The van der Waals surface area contributed by atoms with Crippen molar-refractivity contribution in [1.29, 1.82) is 0 Å². The first-order chi connectivity index (χ1) is 9.17. The highest BCUT2D eigenvalue weighted by Gasteiger charge is 2.21. The minimum absolute atomic E-state index is 0.161. The lowest BCUT2D eigenvalue weighted by Crippen LogP contribution is -2.44. The zero-order valence-corrected chi connectivity index (χ0v) is 12.0. The zero-order valence-electron chi connectivity index (χ0n) is 12.0. The van der Waals surface area contributed by atoms with Crippen molar-refractivity contribution in [1.82, 2.24) is 10.2 Å². The van der Waals surface area contributed by atoms with E-state index in [-0.39, 0.29) is 5.82 Å². The molecule has 1 aliphatic rings. The SMILES string of the molecule is CCC1CCNC(CN(C)Cc2ccc(F)cc2)C1. The van der Waals surface area contributed by atoms with Crippen molar-refractivity contribution in [3.63, 3.8) is 0 Å². The first-order valence-corrected chi connectivity index (χ1v) is 7.33. The quantitative estimate of drug-likeness (QED) is 0.879. The maximum absolute atomic E-state index is 12.9. The van der Waals surface area contributed by atoms with Crippen LogP contribution < -0.4 is 5.32 Å². The fourth-order valence-electron chi connectivity index (χ4n) is 2.95. The van der Waals surface area contributed by atoms with Crippen molar-refractivity contribution in [2.45, 2.75) is 38.8 Å². The lowest BCUT2D eigenvalue weighted by Gasteiger charge is -2.32. The summed E-state index contributed by atoms with van der Waals surface area (Å²) in [4.78, 5) is 2.32. The van der Waals surface area contributed by atoms with E-state index in [4.69, 9.17) is 0 Å². The molecule has 3 heteroatoms. The Kier molecular flexibility index (Phi) is 5.34. The van der Waals surface area contributed by atoms with Crippen LogP contribution >= 0.6 is 0 Å². The third kappa shape index (κ3) is 4.59. The van der Waals surface area contributed by atoms with E-state index in [2.05, 4.69) is 24.2 Å². The molecule has 1 fully saturated rings. The maximum atomic E-state index is 12.9. The summed E-state index contributed by atoms with van der Waals surface area (Å²) < 4.78 is 12.9. The first-order valence-electron chi connectivity index (χ1n) is 7.33. The van der Waals surface area contributed by atoms with E-state index >= 15 is 0 Å². The van der Waals surface area contributed by atoms with Gasteiger partial charge in [0.25, 0.3) is 0 Å². The minimum atomic E-state index is -0.161. The van der Waals surface area contributed by atoms with Crippen LogP contribution in [0.2, 0.25) is 0 Å². The second kappa shape index (κ2) is 7.01. The highest BCUT2D eigenvalue weighted by atomic mass is 19.1. The van der Waals surface area contributed by atoms with Gasteiger partial charge in [-0.2, -0.15) is 0 Å². The van der Waals surface area contributed by atoms with E-state index in [0.29, 0.717) is 6.04 Å². The van der Waals surface area contributed by atoms with E-state index in [1.165, 1.54) is 37.0 Å². The summed E-state index contributed by atoms with van der Waals surface area (Å²) in [6.07, 6.45) is 3.89. The smallest absolute Gasteiger partial charge is 0.123 e. The molecule has 0 amide bonds. The number of benzene rings is 1. The number of rotatable bonds is 5. The van der Waals surface area contributed by atoms with Gasteiger partial charge in [-0.3, -0.25) is 0 Å². The summed E-state index contributed by atoms with van der Waals surface area (Å²) in [6, 6.07) is 7.41. The van der Waals surface area contributed by atoms with E-state index in [9.17, 15) is 4.39 Å². The first kappa shape index (κ1) is 14.5. The van der Waals surface area contributed by atoms with E-state index < -0.39 is 0 Å². The standard InChI is InChI=1S/C16H25FN2/c1-3-13-8-9-18-16(10-13)12-19(2)11-14-4-6-15(17)7-5-14/h4-7,13,16,18H,3,8-12H2,1-2H3. The number of piperidine rings is 1. The van der Waals surface area contributed by atoms with E-state index in [1.54, 1.807) is 0 Å². The van der Waals surface area contributed by atoms with Crippen molar-refractivity contribution in [2.24, 2.45) is 5.92 Å². The van der Waals surface area contributed by atoms with Crippen LogP contribution in [-0.4, -0.2) is 31.1 Å². The van der Waals surface area contributed by atoms with Crippen molar-refractivity contribution in [3.8, 4) is 0 Å². The fourth-order valence-corrected chi connectivity index (χ4v) is 2.95. The number of nitrogens with one attached hydrogen (secondary N) is 1. The Bertz CT molecular complexity index is 377. The maximum Gasteiger partial charge on any atom is 0.123 e. The Morgan fingerprint density at radius 2 is 2.05 bits per heavy atom. The summed E-state index contributed by atoms with van der Waals surface area (Å²) in [5.41, 5.74) is 1.17. The molecule has 2 atom stereocenters. The summed E-state index contributed by atoms with van der Waals surface area (Å²) in [5, 5.41) is 3.61. The molecular formula is C16H25FN2. The molecule has 0 spiro atoms. The lowest BCUT2D eigenvalue weighted by atomic mass is 9.90. The van der Waals surface area contributed by atoms with Gasteiger partial charge in [0.05, 0.1) is 0 Å². The molecule has 106 valence electrons. The molecule has 0 aromatic heterocycles. The van der Waals surface area contributed by atoms with Crippen LogP contribution in [0.5, 0.6) is 0 Å². The van der Waals surface area contributed by atoms with Crippen LogP contribution in [0, 0.1) is 11.7 Å². The van der Waals surface area contributed by atoms with Gasteiger partial charge in [-0.05, 0) is 50.0 Å². The van der Waals surface area contributed by atoms with Crippen molar-refractivity contribution in [3.05, 3.63) is 35.6 Å². The van der Waals surface area contributed by atoms with Gasteiger partial charge in [0.2, 0.25) is 0 Å². The highest BCUT2D eigenvalue weighted by molar-refractivity contribution is 5.15. The molecule has 0 bridgehead atoms. The largest absolute Gasteiger partial charge is 0.313 e. The molecule has 1 aromatic rings. The number of halogens is 1. The monoisotopic (exact) mass is 264 g/mol. The molecule has 1 N–H and O–H groups in total. The van der Waals surface area contributed by atoms with Gasteiger partial charge in [0.1, 0.15) is 5.82 Å². The average Bonchev–Trinajstić information content (AvgIpc) is 2.41. The van der Waals surface area contributed by atoms with Gasteiger partial charge < -0.3 is 10.2 Å². The predicted molar refractivity (Wildman–Crippen MR) is 77.5 cm³/mol. The summed E-state index contributed by atoms with van der Waals surface area (Å²) in [5.74, 6) is 0.719. The molecule has 1 aliphatic heterocycles. The molecule has 0 saturated carbocycles. The molecule has 2 unspecified atom stereocenters. The lowest BCUT2D eigenvalue weighted by molar-refractivity contribution is 0.220. The number of hydrogen-bond acceptors (Lipinski definition) is 2. The minimum Gasteiger partial charge on any atom is -0.313 e. The Morgan fingerprint density at radius 3 is 2.74 bits per heavy atom. The Hall–Kier alpha value is -0.930. The molecule has 2 rings (SSSR count). The molecule has 0 radical (unpaired) electrons. The fraction of sp³-hybridized carbons (Fsp3) is 0.625. The van der Waals surface area contributed by atoms with Crippen LogP contribution in [0.25, 0.3) is 0 Å². The Labute approximate surface area is 116 Å². The van der Waals surface area contributed by atoms with Crippen molar-refractivity contribution >= 4 is 0 Å². The van der Waals surface area contributed by atoms with Crippen LogP contribution in [-0.2, 0) is 6.54 Å². The molecule has 1 aromatic carbocycles. The van der Waals surface area contributed by atoms with E-state index in [1.807, 2.05) is 12.1 Å². The Balaban J connectivity index is 1.80. The van der Waals surface area contributed by atoms with Crippen LogP contribution in [0.15, 0.2) is 24.3 Å². The summed E-state index contributed by atoms with van der Waals surface area (Å²) >= 11 is 0. The molecule has 0 aliphatic carbocycles. The summed E-state index contributed by atoms with van der Waals surface area (Å²) in [7, 11) is 2.14. The van der Waals surface area contributed by atoms with Gasteiger partial charge >= 0.3 is 0 Å². The zero-order chi connectivity index (χ0) is 13.7. The van der Waals surface area contributed by atoms with E-state index in [0.717, 1.165) is 25.6 Å². The Morgan fingerprint density at radius 1 is 1.32 bits per heavy atom. The van der Waals surface area contributed by atoms with Crippen LogP contribution in [0.3, 0.4) is 0 Å². The summed E-state index contributed by atoms with van der Waals surface area (Å²) in [6.45, 7) is 5.38. The second-order valence-electron chi connectivity index (χ2n) is 5.77. The topological polar surface area (TPSA) is 15.3 Å². The normalized spacial score (nSPS) is 23.8. The van der Waals surface area contributed by atoms with Gasteiger partial charge in [0.15, 0.2) is 0 Å². The number of likely N-dealkylation sites (N-methyl/N-ethyl adjacent to an activating group) is 1. The van der Waals surface area contributed by atoms with Crippen LogP contribution in [0.1, 0.15) is 31.7 Å². The van der Waals surface area contributed by atoms with Crippen LogP contribution in [0.4, 0.5) is 4.39 Å². The molecule has 19 heavy (non-hydrogen) atoms. The molecule has 2 nitrogen and oxygen atoms in total. The van der Waals surface area contributed by atoms with Gasteiger partial charge in [0, 0.05) is 19.1 Å². The van der Waals surface area contributed by atoms with Gasteiger partial charge in [-0.15, -0.1) is 0 Å². The third-order valence-corrected chi connectivity index (χ3v) is 4.08. The highest BCUT2D eigenvalue weighted by Crippen LogP contribution is 2.20. The molecule has 1 saturated heterocycles. The molecular weight excluding hydrogens is 239 g/mol. The number of hydrogen-bond donors (Lipinski definition) is 1.